The fourth-order valence-corrected chi connectivity index (χ4v) is 2.48. The van der Waals surface area contributed by atoms with E-state index in [2.05, 4.69) is 22.1 Å². The van der Waals surface area contributed by atoms with Crippen LogP contribution >= 0.6 is 11.3 Å². The predicted octanol–water partition coefficient (Wildman–Crippen LogP) is 1.43. The first-order valence-corrected chi connectivity index (χ1v) is 7.02. The average Bonchev–Trinajstić information content (AvgIpc) is 2.98. The molecule has 0 bridgehead atoms. The lowest BCUT2D eigenvalue weighted by Gasteiger charge is -2.07. The molecule has 0 atom stereocenters. The molecular formula is C15H14N2O3S. The molecule has 0 aliphatic carbocycles. The maximum atomic E-state index is 12.1. The summed E-state index contributed by atoms with van der Waals surface area (Å²) in [5.41, 5.74) is 0.400. The van der Waals surface area contributed by atoms with Crippen molar-refractivity contribution in [2.75, 3.05) is 13.7 Å². The average molecular weight is 302 g/mol. The lowest BCUT2D eigenvalue weighted by Crippen LogP contribution is -2.23. The number of nitrogens with zero attached hydrogens (tertiary/aromatic N) is 1. The van der Waals surface area contributed by atoms with E-state index in [1.165, 1.54) is 18.4 Å². The second-order valence-corrected chi connectivity index (χ2v) is 5.14. The van der Waals surface area contributed by atoms with Gasteiger partial charge in [0.25, 0.3) is 5.91 Å². The summed E-state index contributed by atoms with van der Waals surface area (Å²) < 4.78 is 5.06. The summed E-state index contributed by atoms with van der Waals surface area (Å²) in [7, 11) is 1.48. The summed E-state index contributed by atoms with van der Waals surface area (Å²) in [5.74, 6) is 5.48. The maximum absolute atomic E-state index is 12.1. The van der Waals surface area contributed by atoms with Gasteiger partial charge in [-0.05, 0) is 24.3 Å². The summed E-state index contributed by atoms with van der Waals surface area (Å²) >= 11 is 1.47. The maximum Gasteiger partial charge on any atom is 0.257 e. The molecule has 0 saturated carbocycles. The lowest BCUT2D eigenvalue weighted by molar-refractivity contribution is 0.0947. The van der Waals surface area contributed by atoms with Crippen LogP contribution in [-0.2, 0) is 6.54 Å². The van der Waals surface area contributed by atoms with Gasteiger partial charge in [-0.3, -0.25) is 4.79 Å². The van der Waals surface area contributed by atoms with Crippen molar-refractivity contribution in [2.24, 2.45) is 0 Å². The molecule has 6 heteroatoms. The van der Waals surface area contributed by atoms with Gasteiger partial charge in [-0.15, -0.1) is 11.3 Å². The van der Waals surface area contributed by atoms with Gasteiger partial charge in [-0.2, -0.15) is 0 Å². The number of amides is 1. The Morgan fingerprint density at radius 1 is 1.48 bits per heavy atom. The van der Waals surface area contributed by atoms with E-state index in [4.69, 9.17) is 9.84 Å². The number of rotatable bonds is 4. The van der Waals surface area contributed by atoms with Crippen molar-refractivity contribution >= 4 is 17.2 Å². The molecule has 21 heavy (non-hydrogen) atoms. The Bertz CT molecular complexity index is 685. The zero-order valence-corrected chi connectivity index (χ0v) is 12.2. The third kappa shape index (κ3) is 4.05. The van der Waals surface area contributed by atoms with E-state index in [1.807, 2.05) is 12.1 Å². The fraction of sp³-hybridized carbons (Fsp3) is 0.200. The number of aliphatic hydroxyl groups excluding tert-OH is 1. The van der Waals surface area contributed by atoms with Crippen molar-refractivity contribution in [2.45, 2.75) is 6.54 Å². The van der Waals surface area contributed by atoms with Crippen molar-refractivity contribution in [3.8, 4) is 17.7 Å². The third-order valence-electron chi connectivity index (χ3n) is 2.58. The Labute approximate surface area is 126 Å². The molecule has 0 aromatic carbocycles. The Hall–Kier alpha value is -2.36. The quantitative estimate of drug-likeness (QED) is 0.838. The number of methoxy groups -OCH3 is 1. The molecule has 0 aliphatic heterocycles. The topological polar surface area (TPSA) is 71.5 Å². The van der Waals surface area contributed by atoms with Gasteiger partial charge in [0.05, 0.1) is 18.5 Å². The van der Waals surface area contributed by atoms with Crippen LogP contribution in [0.1, 0.15) is 20.1 Å². The van der Waals surface area contributed by atoms with E-state index in [0.29, 0.717) is 18.0 Å². The van der Waals surface area contributed by atoms with Crippen LogP contribution in [0.25, 0.3) is 0 Å². The van der Waals surface area contributed by atoms with Crippen LogP contribution in [0.4, 0.5) is 0 Å². The molecule has 0 aliphatic rings. The first-order chi connectivity index (χ1) is 10.2. The number of thiophene rings is 1. The number of hydrogen-bond acceptors (Lipinski definition) is 5. The van der Waals surface area contributed by atoms with Gasteiger partial charge >= 0.3 is 0 Å². The number of aliphatic hydroxyl groups is 1. The first kappa shape index (κ1) is 15.0. The molecule has 0 fully saturated rings. The molecule has 2 aromatic heterocycles. The number of hydrogen-bond donors (Lipinski definition) is 2. The molecule has 0 unspecified atom stereocenters. The van der Waals surface area contributed by atoms with Crippen molar-refractivity contribution < 1.29 is 14.6 Å². The van der Waals surface area contributed by atoms with Gasteiger partial charge in [0.2, 0.25) is 5.88 Å². The summed E-state index contributed by atoms with van der Waals surface area (Å²) in [6.07, 6.45) is 1.57. The highest BCUT2D eigenvalue weighted by Gasteiger charge is 2.12. The van der Waals surface area contributed by atoms with Gasteiger partial charge in [0.1, 0.15) is 12.2 Å². The van der Waals surface area contributed by atoms with Crippen molar-refractivity contribution in [3.05, 3.63) is 45.8 Å². The molecule has 0 radical (unpaired) electrons. The van der Waals surface area contributed by atoms with E-state index < -0.39 is 0 Å². The zero-order valence-electron chi connectivity index (χ0n) is 11.4. The Morgan fingerprint density at radius 3 is 3.10 bits per heavy atom. The minimum atomic E-state index is -0.239. The summed E-state index contributed by atoms with van der Waals surface area (Å²) in [5, 5.41) is 11.5. The lowest BCUT2D eigenvalue weighted by atomic mass is 10.2. The van der Waals surface area contributed by atoms with Crippen molar-refractivity contribution in [3.63, 3.8) is 0 Å². The highest BCUT2D eigenvalue weighted by Crippen LogP contribution is 2.16. The summed E-state index contributed by atoms with van der Waals surface area (Å²) in [4.78, 5) is 17.9. The first-order valence-electron chi connectivity index (χ1n) is 6.20. The monoisotopic (exact) mass is 302 g/mol. The second kappa shape index (κ2) is 7.43. The molecular weight excluding hydrogens is 288 g/mol. The standard InChI is InChI=1S/C15H14N2O3S/c1-20-15-13(5-2-8-16-15)14(19)17-10-12-7-6-11(21-12)4-3-9-18/h2,5-8,18H,9-10H2,1H3,(H,17,19). The largest absolute Gasteiger partial charge is 0.480 e. The van der Waals surface area contributed by atoms with E-state index >= 15 is 0 Å². The smallest absolute Gasteiger partial charge is 0.257 e. The minimum absolute atomic E-state index is 0.162. The van der Waals surface area contributed by atoms with Crippen LogP contribution < -0.4 is 10.1 Å². The van der Waals surface area contributed by atoms with Crippen LogP contribution in [0.5, 0.6) is 5.88 Å². The number of pyridine rings is 1. The van der Waals surface area contributed by atoms with Gasteiger partial charge in [0.15, 0.2) is 0 Å². The number of aromatic nitrogens is 1. The second-order valence-electron chi connectivity index (χ2n) is 3.97. The van der Waals surface area contributed by atoms with Crippen LogP contribution in [0.2, 0.25) is 0 Å². The molecule has 2 aromatic rings. The molecule has 2 heterocycles. The predicted molar refractivity (Wildman–Crippen MR) is 80.2 cm³/mol. The van der Waals surface area contributed by atoms with E-state index in [1.54, 1.807) is 18.3 Å². The van der Waals surface area contributed by atoms with Gasteiger partial charge < -0.3 is 15.2 Å². The SMILES string of the molecule is COc1ncccc1C(=O)NCc1ccc(C#CCO)s1. The molecule has 2 N–H and O–H groups in total. The van der Waals surface area contributed by atoms with Crippen LogP contribution in [0.3, 0.4) is 0 Å². The Kier molecular flexibility index (Phi) is 5.32. The molecule has 0 saturated heterocycles. The Morgan fingerprint density at radius 2 is 2.33 bits per heavy atom. The molecule has 108 valence electrons. The summed E-state index contributed by atoms with van der Waals surface area (Å²) in [6, 6.07) is 7.10. The molecule has 1 amide bonds. The third-order valence-corrected chi connectivity index (χ3v) is 3.59. The molecule has 2 rings (SSSR count). The van der Waals surface area contributed by atoms with Crippen molar-refractivity contribution in [1.29, 1.82) is 0 Å². The number of carbonyl (C=O) groups is 1. The van der Waals surface area contributed by atoms with Gasteiger partial charge in [-0.25, -0.2) is 4.98 Å². The van der Waals surface area contributed by atoms with Gasteiger partial charge in [-0.1, -0.05) is 11.8 Å². The van der Waals surface area contributed by atoms with Gasteiger partial charge in [0, 0.05) is 11.1 Å². The van der Waals surface area contributed by atoms with E-state index in [9.17, 15) is 4.79 Å². The highest BCUT2D eigenvalue weighted by atomic mass is 32.1. The Balaban J connectivity index is 1.99. The summed E-state index contributed by atoms with van der Waals surface area (Å²) in [6.45, 7) is 0.243. The highest BCUT2D eigenvalue weighted by molar-refractivity contribution is 7.12. The number of nitrogens with one attached hydrogen (secondary N) is 1. The van der Waals surface area contributed by atoms with Crippen LogP contribution in [-0.4, -0.2) is 29.7 Å². The number of ether oxygens (including phenoxy) is 1. The molecule has 0 spiro atoms. The normalized spacial score (nSPS) is 9.62. The molecule has 5 nitrogen and oxygen atoms in total. The van der Waals surface area contributed by atoms with E-state index in [-0.39, 0.29) is 12.5 Å². The van der Waals surface area contributed by atoms with Crippen LogP contribution in [0.15, 0.2) is 30.5 Å². The van der Waals surface area contributed by atoms with Crippen LogP contribution in [0, 0.1) is 11.8 Å². The fourth-order valence-electron chi connectivity index (χ4n) is 1.66. The van der Waals surface area contributed by atoms with Crippen molar-refractivity contribution in [1.82, 2.24) is 10.3 Å². The number of carbonyl (C=O) groups excluding carboxylic acids is 1. The minimum Gasteiger partial charge on any atom is -0.480 e. The zero-order chi connectivity index (χ0) is 15.1. The van der Waals surface area contributed by atoms with E-state index in [0.717, 1.165) is 9.75 Å².